The van der Waals surface area contributed by atoms with Crippen LogP contribution in [0.1, 0.15) is 10.5 Å². The minimum Gasteiger partial charge on any atom is -0.364 e. The van der Waals surface area contributed by atoms with E-state index in [9.17, 15) is 23.3 Å². The molecule has 0 saturated carbocycles. The molecule has 0 aromatic carbocycles. The van der Waals surface area contributed by atoms with Crippen molar-refractivity contribution in [2.24, 2.45) is 12.8 Å². The maximum Gasteiger partial charge on any atom is 0.287 e. The second kappa shape index (κ2) is 6.96. The quantitative estimate of drug-likeness (QED) is 0.552. The van der Waals surface area contributed by atoms with E-state index in [4.69, 9.17) is 5.73 Å². The molecule has 11 nitrogen and oxygen atoms in total. The molecule has 0 spiro atoms. The van der Waals surface area contributed by atoms with Crippen LogP contribution in [0, 0.1) is 10.1 Å². The van der Waals surface area contributed by atoms with E-state index in [0.29, 0.717) is 18.9 Å². The molecular formula is C15H18N6O5S. The summed E-state index contributed by atoms with van der Waals surface area (Å²) in [6, 6.07) is 4.17. The van der Waals surface area contributed by atoms with E-state index < -0.39 is 20.9 Å². The molecule has 27 heavy (non-hydrogen) atoms. The molecule has 144 valence electrons. The van der Waals surface area contributed by atoms with E-state index in [1.165, 1.54) is 33.4 Å². The number of amides is 1. The average Bonchev–Trinajstić information content (AvgIpc) is 3.05. The highest BCUT2D eigenvalue weighted by Crippen LogP contribution is 2.22. The van der Waals surface area contributed by atoms with Gasteiger partial charge in [-0.25, -0.2) is 13.4 Å². The number of nitro groups is 1. The number of primary amides is 1. The van der Waals surface area contributed by atoms with Gasteiger partial charge in [-0.15, -0.1) is 0 Å². The Hall–Kier alpha value is -2.99. The topological polar surface area (TPSA) is 145 Å². The Morgan fingerprint density at radius 3 is 2.41 bits per heavy atom. The number of piperazine rings is 1. The SMILES string of the molecule is Cn1cc(S(=O)(=O)N2CCN(c3ccc([N+](=O)[O-])cn3)CC2)cc1C(N)=O. The molecule has 1 aliphatic heterocycles. The van der Waals surface area contributed by atoms with Crippen molar-refractivity contribution in [2.45, 2.75) is 4.90 Å². The first-order chi connectivity index (χ1) is 12.7. The summed E-state index contributed by atoms with van der Waals surface area (Å²) in [5, 5.41) is 10.7. The number of nitrogens with zero attached hydrogens (tertiary/aromatic N) is 5. The lowest BCUT2D eigenvalue weighted by Crippen LogP contribution is -2.48. The van der Waals surface area contributed by atoms with Crippen molar-refractivity contribution < 1.29 is 18.1 Å². The van der Waals surface area contributed by atoms with Gasteiger partial charge < -0.3 is 15.2 Å². The summed E-state index contributed by atoms with van der Waals surface area (Å²) < 4.78 is 28.3. The Bertz CT molecular complexity index is 977. The molecule has 1 saturated heterocycles. The molecule has 0 atom stereocenters. The van der Waals surface area contributed by atoms with Gasteiger partial charge >= 0.3 is 0 Å². The molecule has 1 amide bonds. The van der Waals surface area contributed by atoms with E-state index in [0.717, 1.165) is 0 Å². The van der Waals surface area contributed by atoms with E-state index in [-0.39, 0.29) is 29.4 Å². The van der Waals surface area contributed by atoms with Gasteiger partial charge in [0.1, 0.15) is 22.6 Å². The number of sulfonamides is 1. The van der Waals surface area contributed by atoms with E-state index >= 15 is 0 Å². The van der Waals surface area contributed by atoms with Crippen molar-refractivity contribution in [3.8, 4) is 0 Å². The van der Waals surface area contributed by atoms with Gasteiger partial charge in [0.05, 0.1) is 4.92 Å². The van der Waals surface area contributed by atoms with Gasteiger partial charge in [-0.2, -0.15) is 4.31 Å². The number of nitrogens with two attached hydrogens (primary N) is 1. The summed E-state index contributed by atoms with van der Waals surface area (Å²) in [5.41, 5.74) is 5.25. The second-order valence-electron chi connectivity index (χ2n) is 6.06. The van der Waals surface area contributed by atoms with Gasteiger partial charge in [-0.05, 0) is 12.1 Å². The van der Waals surface area contributed by atoms with Gasteiger partial charge in [0, 0.05) is 45.5 Å². The molecule has 1 aliphatic rings. The van der Waals surface area contributed by atoms with Gasteiger partial charge in [0.15, 0.2) is 0 Å². The maximum absolute atomic E-state index is 12.8. The van der Waals surface area contributed by atoms with Gasteiger partial charge in [-0.3, -0.25) is 14.9 Å². The Balaban J connectivity index is 1.72. The van der Waals surface area contributed by atoms with Crippen molar-refractivity contribution >= 4 is 27.4 Å². The number of carbonyl (C=O) groups excluding carboxylic acids is 1. The fourth-order valence-electron chi connectivity index (χ4n) is 2.90. The Morgan fingerprint density at radius 1 is 1.26 bits per heavy atom. The highest BCUT2D eigenvalue weighted by Gasteiger charge is 2.30. The molecule has 3 rings (SSSR count). The van der Waals surface area contributed by atoms with E-state index in [1.54, 1.807) is 13.1 Å². The third-order valence-corrected chi connectivity index (χ3v) is 6.24. The summed E-state index contributed by atoms with van der Waals surface area (Å²) in [6.45, 7) is 1.22. The maximum atomic E-state index is 12.8. The Kier molecular flexibility index (Phi) is 4.85. The molecule has 0 aliphatic carbocycles. The second-order valence-corrected chi connectivity index (χ2v) is 8.00. The van der Waals surface area contributed by atoms with Crippen LogP contribution >= 0.6 is 0 Å². The number of hydrogen-bond acceptors (Lipinski definition) is 7. The monoisotopic (exact) mass is 394 g/mol. The molecule has 3 heterocycles. The van der Waals surface area contributed by atoms with Crippen LogP contribution in [-0.2, 0) is 17.1 Å². The molecule has 0 unspecified atom stereocenters. The zero-order valence-electron chi connectivity index (χ0n) is 14.5. The van der Waals surface area contributed by atoms with Crippen LogP contribution < -0.4 is 10.6 Å². The molecule has 0 radical (unpaired) electrons. The number of aryl methyl sites for hydroxylation is 1. The molecule has 2 N–H and O–H groups in total. The molecule has 0 bridgehead atoms. The smallest absolute Gasteiger partial charge is 0.287 e. The van der Waals surface area contributed by atoms with Crippen LogP contribution in [0.15, 0.2) is 35.5 Å². The van der Waals surface area contributed by atoms with Crippen LogP contribution in [0.4, 0.5) is 11.5 Å². The molecule has 2 aromatic heterocycles. The van der Waals surface area contributed by atoms with E-state index in [1.807, 2.05) is 4.90 Å². The lowest BCUT2D eigenvalue weighted by atomic mass is 10.3. The predicted molar refractivity (Wildman–Crippen MR) is 95.8 cm³/mol. The van der Waals surface area contributed by atoms with Gasteiger partial charge in [0.2, 0.25) is 10.0 Å². The Morgan fingerprint density at radius 2 is 1.93 bits per heavy atom. The zero-order valence-corrected chi connectivity index (χ0v) is 15.3. The fourth-order valence-corrected chi connectivity index (χ4v) is 4.39. The van der Waals surface area contributed by atoms with Crippen molar-refractivity contribution in [3.63, 3.8) is 0 Å². The third-order valence-electron chi connectivity index (χ3n) is 4.38. The number of anilines is 1. The van der Waals surface area contributed by atoms with Crippen LogP contribution in [0.5, 0.6) is 0 Å². The molecule has 2 aromatic rings. The van der Waals surface area contributed by atoms with E-state index in [2.05, 4.69) is 4.98 Å². The van der Waals surface area contributed by atoms with Crippen molar-refractivity contribution in [1.29, 1.82) is 0 Å². The first-order valence-electron chi connectivity index (χ1n) is 8.02. The highest BCUT2D eigenvalue weighted by molar-refractivity contribution is 7.89. The predicted octanol–water partition coefficient (Wildman–Crippen LogP) is -0.0619. The number of hydrogen-bond donors (Lipinski definition) is 1. The summed E-state index contributed by atoms with van der Waals surface area (Å²) in [6.07, 6.45) is 2.54. The number of carbonyl (C=O) groups is 1. The normalized spacial score (nSPS) is 15.7. The first-order valence-corrected chi connectivity index (χ1v) is 9.46. The standard InChI is InChI=1S/C15H18N6O5S/c1-18-10-12(8-13(18)15(16)22)27(25,26)20-6-4-19(5-7-20)14-3-2-11(9-17-14)21(23)24/h2-3,8-10H,4-7H2,1H3,(H2,16,22). The number of aromatic nitrogens is 2. The fraction of sp³-hybridized carbons (Fsp3) is 0.333. The minimum absolute atomic E-state index is 0.0145. The lowest BCUT2D eigenvalue weighted by molar-refractivity contribution is -0.385. The van der Waals surface area contributed by atoms with Crippen molar-refractivity contribution in [3.05, 3.63) is 46.4 Å². The molecule has 1 fully saturated rings. The number of pyridine rings is 1. The van der Waals surface area contributed by atoms with Gasteiger partial charge in [0.25, 0.3) is 11.6 Å². The summed E-state index contributed by atoms with van der Waals surface area (Å²) in [5.74, 6) is -0.151. The zero-order chi connectivity index (χ0) is 19.8. The summed E-state index contributed by atoms with van der Waals surface area (Å²) in [7, 11) is -2.20. The van der Waals surface area contributed by atoms with Crippen LogP contribution in [0.25, 0.3) is 0 Å². The average molecular weight is 394 g/mol. The summed E-state index contributed by atoms with van der Waals surface area (Å²) >= 11 is 0. The van der Waals surface area contributed by atoms with Crippen LogP contribution in [0.3, 0.4) is 0 Å². The molecular weight excluding hydrogens is 376 g/mol. The van der Waals surface area contributed by atoms with Crippen LogP contribution in [0.2, 0.25) is 0 Å². The highest BCUT2D eigenvalue weighted by atomic mass is 32.2. The minimum atomic E-state index is -3.75. The molecule has 12 heteroatoms. The lowest BCUT2D eigenvalue weighted by Gasteiger charge is -2.34. The van der Waals surface area contributed by atoms with Crippen molar-refractivity contribution in [1.82, 2.24) is 13.9 Å². The van der Waals surface area contributed by atoms with Crippen molar-refractivity contribution in [2.75, 3.05) is 31.1 Å². The first kappa shape index (κ1) is 18.8. The van der Waals surface area contributed by atoms with Gasteiger partial charge in [-0.1, -0.05) is 0 Å². The Labute approximate surface area is 155 Å². The summed E-state index contributed by atoms with van der Waals surface area (Å²) in [4.78, 5) is 27.4. The van der Waals surface area contributed by atoms with Crippen LogP contribution in [-0.4, -0.2) is 59.3 Å². The largest absolute Gasteiger partial charge is 0.364 e. The third kappa shape index (κ3) is 3.61. The number of rotatable bonds is 5.